The van der Waals surface area contributed by atoms with E-state index in [2.05, 4.69) is 68.0 Å². The number of hydrogen-bond acceptors (Lipinski definition) is 1. The lowest BCUT2D eigenvalue weighted by Gasteiger charge is -2.22. The maximum Gasteiger partial charge on any atom is 0.144 e. The Labute approximate surface area is 101 Å². The second-order valence-corrected chi connectivity index (χ2v) is 9.90. The zero-order valence-electron chi connectivity index (χ0n) is 10.9. The predicted octanol–water partition coefficient (Wildman–Crippen LogP) is 4.25. The highest BCUT2D eigenvalue weighted by Gasteiger charge is 2.14. The molecule has 1 rings (SSSR count). The largest absolute Gasteiger partial charge is 0.411 e. The normalized spacial score (nSPS) is 12.6. The molecule has 0 amide bonds. The van der Waals surface area contributed by atoms with Gasteiger partial charge in [-0.05, 0) is 12.0 Å². The average Bonchev–Trinajstić information content (AvgIpc) is 2.24. The maximum atomic E-state index is 3.71. The molecule has 0 bridgehead atoms. The topological polar surface area (TPSA) is 12.0 Å². The van der Waals surface area contributed by atoms with E-state index in [0.717, 1.165) is 6.42 Å². The molecule has 16 heavy (non-hydrogen) atoms. The molecule has 0 saturated carbocycles. The summed E-state index contributed by atoms with van der Waals surface area (Å²) in [5.41, 5.74) is 2.61. The predicted molar refractivity (Wildman–Crippen MR) is 75.8 cm³/mol. The highest BCUT2D eigenvalue weighted by atomic mass is 28.3. The van der Waals surface area contributed by atoms with Crippen molar-refractivity contribution in [3.05, 3.63) is 42.0 Å². The quantitative estimate of drug-likeness (QED) is 0.750. The monoisotopic (exact) mass is 233 g/mol. The fraction of sp³-hybridized carbons (Fsp3) is 0.429. The van der Waals surface area contributed by atoms with E-state index in [0.29, 0.717) is 0 Å². The molecule has 0 radical (unpaired) electrons. The molecule has 0 spiro atoms. The molecule has 0 heterocycles. The Morgan fingerprint density at radius 2 is 1.81 bits per heavy atom. The lowest BCUT2D eigenvalue weighted by molar-refractivity contribution is 0.955. The summed E-state index contributed by atoms with van der Waals surface area (Å²) in [7, 11) is -1.27. The minimum absolute atomic E-state index is 1.14. The van der Waals surface area contributed by atoms with Crippen molar-refractivity contribution >= 4 is 13.9 Å². The van der Waals surface area contributed by atoms with Crippen molar-refractivity contribution in [2.45, 2.75) is 39.4 Å². The molecule has 0 fully saturated rings. The highest BCUT2D eigenvalue weighted by Crippen LogP contribution is 2.15. The summed E-state index contributed by atoms with van der Waals surface area (Å²) >= 11 is 0. The van der Waals surface area contributed by atoms with Gasteiger partial charge < -0.3 is 4.98 Å². The zero-order valence-corrected chi connectivity index (χ0v) is 11.9. The van der Waals surface area contributed by atoms with E-state index in [1.807, 2.05) is 0 Å². The average molecular weight is 233 g/mol. The molecule has 2 heteroatoms. The summed E-state index contributed by atoms with van der Waals surface area (Å²) in [6.45, 7) is 9.20. The lowest BCUT2D eigenvalue weighted by Crippen LogP contribution is -2.39. The molecule has 1 N–H and O–H groups in total. The van der Waals surface area contributed by atoms with Crippen LogP contribution in [0.3, 0.4) is 0 Å². The van der Waals surface area contributed by atoms with Gasteiger partial charge >= 0.3 is 0 Å². The van der Waals surface area contributed by atoms with Gasteiger partial charge in [0.15, 0.2) is 0 Å². The second-order valence-electron chi connectivity index (χ2n) is 5.15. The number of rotatable bonds is 5. The molecule has 0 aromatic heterocycles. The first-order valence-corrected chi connectivity index (χ1v) is 9.56. The molecule has 0 unspecified atom stereocenters. The van der Waals surface area contributed by atoms with Crippen LogP contribution in [0.15, 0.2) is 36.4 Å². The Kier molecular flexibility index (Phi) is 4.81. The van der Waals surface area contributed by atoms with Crippen LogP contribution in [0.25, 0.3) is 5.70 Å². The van der Waals surface area contributed by atoms with Crippen molar-refractivity contribution in [2.75, 3.05) is 0 Å². The van der Waals surface area contributed by atoms with E-state index in [1.54, 1.807) is 0 Å². The Bertz CT molecular complexity index is 336. The molecule has 1 aromatic carbocycles. The maximum absolute atomic E-state index is 3.71. The van der Waals surface area contributed by atoms with E-state index in [-0.39, 0.29) is 0 Å². The molecule has 1 aromatic rings. The fourth-order valence-corrected chi connectivity index (χ4v) is 2.61. The Balaban J connectivity index is 2.89. The SMILES string of the molecule is CCC/C=C(/N[Si](C)(C)C)c1ccccc1. The van der Waals surface area contributed by atoms with Crippen LogP contribution in [0.5, 0.6) is 0 Å². The van der Waals surface area contributed by atoms with Crippen molar-refractivity contribution in [1.82, 2.24) is 4.98 Å². The van der Waals surface area contributed by atoms with E-state index in [4.69, 9.17) is 0 Å². The van der Waals surface area contributed by atoms with Crippen LogP contribution >= 0.6 is 0 Å². The summed E-state index contributed by atoms with van der Waals surface area (Å²) in [6.07, 6.45) is 4.67. The first-order valence-electron chi connectivity index (χ1n) is 6.06. The Morgan fingerprint density at radius 3 is 2.31 bits per heavy atom. The van der Waals surface area contributed by atoms with Crippen LogP contribution < -0.4 is 4.98 Å². The van der Waals surface area contributed by atoms with E-state index >= 15 is 0 Å². The van der Waals surface area contributed by atoms with Crippen LogP contribution in [-0.2, 0) is 0 Å². The third-order valence-electron chi connectivity index (χ3n) is 2.23. The second kappa shape index (κ2) is 5.90. The van der Waals surface area contributed by atoms with Crippen LogP contribution in [-0.4, -0.2) is 8.24 Å². The Morgan fingerprint density at radius 1 is 1.19 bits per heavy atom. The molecular formula is C14H23NSi. The number of allylic oxidation sites excluding steroid dienone is 1. The van der Waals surface area contributed by atoms with Gasteiger partial charge in [0.25, 0.3) is 0 Å². The van der Waals surface area contributed by atoms with Gasteiger partial charge in [0.05, 0.1) is 0 Å². The van der Waals surface area contributed by atoms with Crippen molar-refractivity contribution in [3.8, 4) is 0 Å². The molecule has 0 aliphatic rings. The van der Waals surface area contributed by atoms with Gasteiger partial charge in [-0.25, -0.2) is 0 Å². The van der Waals surface area contributed by atoms with Gasteiger partial charge in [-0.2, -0.15) is 0 Å². The van der Waals surface area contributed by atoms with Crippen LogP contribution in [0.1, 0.15) is 25.3 Å². The number of hydrogen-bond donors (Lipinski definition) is 1. The van der Waals surface area contributed by atoms with E-state index < -0.39 is 8.24 Å². The molecular weight excluding hydrogens is 210 g/mol. The lowest BCUT2D eigenvalue weighted by atomic mass is 10.1. The Hall–Kier alpha value is -1.02. The first kappa shape index (κ1) is 13.0. The fourth-order valence-electron chi connectivity index (χ4n) is 1.55. The van der Waals surface area contributed by atoms with Crippen LogP contribution in [0.4, 0.5) is 0 Å². The zero-order chi connectivity index (χ0) is 12.0. The molecule has 88 valence electrons. The standard InChI is InChI=1S/C14H23NSi/c1-5-6-12-14(15-16(2,3)4)13-10-8-7-9-11-13/h7-12,15H,5-6H2,1-4H3/b14-12+. The third-order valence-corrected chi connectivity index (χ3v) is 3.25. The van der Waals surface area contributed by atoms with Gasteiger partial charge in [0.2, 0.25) is 0 Å². The van der Waals surface area contributed by atoms with E-state index in [9.17, 15) is 0 Å². The summed E-state index contributed by atoms with van der Waals surface area (Å²) in [6, 6.07) is 10.6. The van der Waals surface area contributed by atoms with E-state index in [1.165, 1.54) is 17.7 Å². The van der Waals surface area contributed by atoms with Crippen molar-refractivity contribution in [1.29, 1.82) is 0 Å². The minimum atomic E-state index is -1.27. The van der Waals surface area contributed by atoms with Crippen molar-refractivity contribution in [3.63, 3.8) is 0 Å². The third kappa shape index (κ3) is 4.66. The van der Waals surface area contributed by atoms with Gasteiger partial charge in [0.1, 0.15) is 8.24 Å². The first-order chi connectivity index (χ1) is 7.53. The van der Waals surface area contributed by atoms with Crippen LogP contribution in [0.2, 0.25) is 19.6 Å². The smallest absolute Gasteiger partial charge is 0.144 e. The summed E-state index contributed by atoms with van der Waals surface area (Å²) in [5, 5.41) is 0. The highest BCUT2D eigenvalue weighted by molar-refractivity contribution is 6.74. The van der Waals surface area contributed by atoms with Gasteiger partial charge in [-0.3, -0.25) is 0 Å². The van der Waals surface area contributed by atoms with Gasteiger partial charge in [-0.15, -0.1) is 0 Å². The molecule has 0 aliphatic carbocycles. The van der Waals surface area contributed by atoms with Gasteiger partial charge in [-0.1, -0.05) is 69.4 Å². The van der Waals surface area contributed by atoms with Crippen LogP contribution in [0, 0.1) is 0 Å². The number of nitrogens with one attached hydrogen (secondary N) is 1. The molecule has 0 aliphatic heterocycles. The molecule has 1 nitrogen and oxygen atoms in total. The van der Waals surface area contributed by atoms with Gasteiger partial charge in [0, 0.05) is 5.70 Å². The molecule has 0 atom stereocenters. The summed E-state index contributed by atoms with van der Waals surface area (Å²) in [4.78, 5) is 3.71. The summed E-state index contributed by atoms with van der Waals surface area (Å²) < 4.78 is 0. The molecule has 0 saturated heterocycles. The van der Waals surface area contributed by atoms with Crippen molar-refractivity contribution < 1.29 is 0 Å². The number of unbranched alkanes of at least 4 members (excludes halogenated alkanes) is 1. The summed E-state index contributed by atoms with van der Waals surface area (Å²) in [5.74, 6) is 0. The minimum Gasteiger partial charge on any atom is -0.411 e. The van der Waals surface area contributed by atoms with Crippen molar-refractivity contribution in [2.24, 2.45) is 0 Å². The number of benzene rings is 1.